The van der Waals surface area contributed by atoms with Gasteiger partial charge in [0.2, 0.25) is 5.91 Å². The van der Waals surface area contributed by atoms with Crippen LogP contribution in [0.1, 0.15) is 12.5 Å². The Balaban J connectivity index is 2.46. The molecule has 1 aromatic rings. The molecule has 2 amide bonds. The zero-order valence-corrected chi connectivity index (χ0v) is 13.2. The first-order chi connectivity index (χ1) is 10.2. The van der Waals surface area contributed by atoms with Crippen molar-refractivity contribution < 1.29 is 23.7 Å². The van der Waals surface area contributed by atoms with Crippen molar-refractivity contribution in [2.45, 2.75) is 25.4 Å². The maximum atomic E-state index is 11.9. The second-order valence-corrected chi connectivity index (χ2v) is 6.68. The number of carbonyl (C=O) groups excluding carboxylic acids is 2. The van der Waals surface area contributed by atoms with Gasteiger partial charge in [-0.1, -0.05) is 30.3 Å². The van der Waals surface area contributed by atoms with Gasteiger partial charge in [-0.2, -0.15) is 4.62 Å². The van der Waals surface area contributed by atoms with Gasteiger partial charge in [0.05, 0.1) is 6.04 Å². The maximum Gasteiger partial charge on any atom is 0.346 e. The van der Waals surface area contributed by atoms with Gasteiger partial charge in [0.1, 0.15) is 6.04 Å². The summed E-state index contributed by atoms with van der Waals surface area (Å²) in [5.41, 5.74) is 8.49. The van der Waals surface area contributed by atoms with Gasteiger partial charge in [0.25, 0.3) is 5.91 Å². The van der Waals surface area contributed by atoms with E-state index < -0.39 is 31.5 Å². The fourth-order valence-electron chi connectivity index (χ4n) is 1.56. The molecule has 0 aliphatic rings. The molecule has 0 aromatic heterocycles. The molecule has 122 valence electrons. The topological polar surface area (TPSA) is 131 Å². The zero-order chi connectivity index (χ0) is 16.8. The van der Waals surface area contributed by atoms with Crippen molar-refractivity contribution in [3.63, 3.8) is 0 Å². The molecule has 3 atom stereocenters. The fourth-order valence-corrected chi connectivity index (χ4v) is 1.82. The summed E-state index contributed by atoms with van der Waals surface area (Å²) in [7, 11) is -3.83. The van der Waals surface area contributed by atoms with Gasteiger partial charge in [-0.05, 0) is 18.9 Å². The Morgan fingerprint density at radius 3 is 2.45 bits per heavy atom. The van der Waals surface area contributed by atoms with Crippen LogP contribution in [0.2, 0.25) is 0 Å². The Bertz CT molecular complexity index is 560. The zero-order valence-electron chi connectivity index (χ0n) is 12.4. The Morgan fingerprint density at radius 1 is 1.32 bits per heavy atom. The normalized spacial score (nSPS) is 16.2. The van der Waals surface area contributed by atoms with E-state index in [9.17, 15) is 14.2 Å². The molecule has 1 rings (SSSR count). The molecule has 0 saturated heterocycles. The van der Waals surface area contributed by atoms with E-state index in [-0.39, 0.29) is 0 Å². The molecule has 0 bridgehead atoms. The van der Waals surface area contributed by atoms with Crippen molar-refractivity contribution in [2.75, 3.05) is 6.66 Å². The SMILES string of the molecule is C[C@H](NC(=O)[C@@H](N)Cc1ccccc1)C(=O)NOP(C)(=O)O. The summed E-state index contributed by atoms with van der Waals surface area (Å²) >= 11 is 0. The van der Waals surface area contributed by atoms with Gasteiger partial charge < -0.3 is 15.9 Å². The first kappa shape index (κ1) is 18.3. The summed E-state index contributed by atoms with van der Waals surface area (Å²) < 4.78 is 15.2. The van der Waals surface area contributed by atoms with Crippen molar-refractivity contribution >= 4 is 19.4 Å². The summed E-state index contributed by atoms with van der Waals surface area (Å²) in [4.78, 5) is 32.4. The van der Waals surface area contributed by atoms with Crippen LogP contribution >= 0.6 is 7.60 Å². The number of nitrogens with one attached hydrogen (secondary N) is 2. The lowest BCUT2D eigenvalue weighted by atomic mass is 10.1. The van der Waals surface area contributed by atoms with E-state index in [1.807, 2.05) is 35.8 Å². The van der Waals surface area contributed by atoms with Crippen LogP contribution in [0.15, 0.2) is 30.3 Å². The Morgan fingerprint density at radius 2 is 1.91 bits per heavy atom. The Hall–Kier alpha value is -1.73. The Labute approximate surface area is 128 Å². The number of benzene rings is 1. The molecule has 8 nitrogen and oxygen atoms in total. The molecule has 0 aliphatic carbocycles. The fraction of sp³-hybridized carbons (Fsp3) is 0.385. The first-order valence-corrected chi connectivity index (χ1v) is 8.60. The number of hydrogen-bond acceptors (Lipinski definition) is 5. The van der Waals surface area contributed by atoms with Gasteiger partial charge in [0, 0.05) is 6.66 Å². The van der Waals surface area contributed by atoms with Crippen LogP contribution in [0.5, 0.6) is 0 Å². The molecular formula is C13H20N3O5P. The predicted molar refractivity (Wildman–Crippen MR) is 80.7 cm³/mol. The molecule has 0 fully saturated rings. The molecule has 0 aliphatic heterocycles. The monoisotopic (exact) mass is 329 g/mol. The van der Waals surface area contributed by atoms with Crippen molar-refractivity contribution in [3.8, 4) is 0 Å². The minimum Gasteiger partial charge on any atom is -0.343 e. The van der Waals surface area contributed by atoms with Crippen LogP contribution in [-0.2, 0) is 25.2 Å². The quantitative estimate of drug-likeness (QED) is 0.409. The first-order valence-electron chi connectivity index (χ1n) is 6.57. The lowest BCUT2D eigenvalue weighted by molar-refractivity contribution is -0.133. The lowest BCUT2D eigenvalue weighted by Crippen LogP contribution is -2.50. The minimum absolute atomic E-state index is 0.332. The van der Waals surface area contributed by atoms with Gasteiger partial charge >= 0.3 is 7.60 Å². The summed E-state index contributed by atoms with van der Waals surface area (Å²) in [5.74, 6) is -1.26. The number of hydroxylamine groups is 1. The maximum absolute atomic E-state index is 11.9. The van der Waals surface area contributed by atoms with E-state index in [2.05, 4.69) is 9.94 Å². The van der Waals surface area contributed by atoms with Gasteiger partial charge in [-0.3, -0.25) is 14.2 Å². The van der Waals surface area contributed by atoms with Crippen LogP contribution in [0.3, 0.4) is 0 Å². The molecule has 5 N–H and O–H groups in total. The van der Waals surface area contributed by atoms with Crippen molar-refractivity contribution in [1.29, 1.82) is 0 Å². The predicted octanol–water partition coefficient (Wildman–Crippen LogP) is -0.0759. The molecule has 1 unspecified atom stereocenters. The molecule has 0 spiro atoms. The average Bonchev–Trinajstić information content (AvgIpc) is 2.44. The van der Waals surface area contributed by atoms with Crippen LogP contribution in [0, 0.1) is 0 Å². The largest absolute Gasteiger partial charge is 0.346 e. The van der Waals surface area contributed by atoms with Gasteiger partial charge in [0.15, 0.2) is 0 Å². The van der Waals surface area contributed by atoms with E-state index >= 15 is 0 Å². The highest BCUT2D eigenvalue weighted by atomic mass is 31.2. The lowest BCUT2D eigenvalue weighted by Gasteiger charge is -2.17. The molecular weight excluding hydrogens is 309 g/mol. The third kappa shape index (κ3) is 6.82. The molecule has 1 aromatic carbocycles. The highest BCUT2D eigenvalue weighted by Crippen LogP contribution is 2.34. The van der Waals surface area contributed by atoms with Gasteiger partial charge in [-0.25, -0.2) is 5.48 Å². The number of carbonyl (C=O) groups is 2. The van der Waals surface area contributed by atoms with E-state index in [4.69, 9.17) is 10.6 Å². The van der Waals surface area contributed by atoms with Crippen molar-refractivity contribution in [1.82, 2.24) is 10.8 Å². The van der Waals surface area contributed by atoms with E-state index in [0.29, 0.717) is 6.42 Å². The molecule has 0 saturated carbocycles. The highest BCUT2D eigenvalue weighted by Gasteiger charge is 2.22. The third-order valence-corrected chi connectivity index (χ3v) is 3.13. The number of hydrogen-bond donors (Lipinski definition) is 4. The number of amides is 2. The summed E-state index contributed by atoms with van der Waals surface area (Å²) in [6.07, 6.45) is 0.332. The summed E-state index contributed by atoms with van der Waals surface area (Å²) in [6, 6.07) is 7.45. The highest BCUT2D eigenvalue weighted by molar-refractivity contribution is 7.51. The van der Waals surface area contributed by atoms with Crippen LogP contribution in [0.25, 0.3) is 0 Å². The number of rotatable bonds is 7. The van der Waals surface area contributed by atoms with E-state index in [0.717, 1.165) is 12.2 Å². The standard InChI is InChI=1S/C13H20N3O5P/c1-9(12(17)16-21-22(2,19)20)15-13(18)11(14)8-10-6-4-3-5-7-10/h3-7,9,11H,8,14H2,1-2H3,(H,15,18)(H,16,17)(H,19,20)/t9-,11-/m0/s1. The minimum atomic E-state index is -3.83. The van der Waals surface area contributed by atoms with Crippen LogP contribution in [0.4, 0.5) is 0 Å². The number of nitrogens with two attached hydrogens (primary N) is 1. The molecule has 0 radical (unpaired) electrons. The summed E-state index contributed by atoms with van der Waals surface area (Å²) in [5, 5.41) is 2.41. The van der Waals surface area contributed by atoms with Crippen LogP contribution < -0.4 is 16.5 Å². The summed E-state index contributed by atoms with van der Waals surface area (Å²) in [6.45, 7) is 2.33. The molecule has 22 heavy (non-hydrogen) atoms. The molecule has 9 heteroatoms. The van der Waals surface area contributed by atoms with E-state index in [1.54, 1.807) is 0 Å². The van der Waals surface area contributed by atoms with E-state index in [1.165, 1.54) is 6.92 Å². The molecule has 0 heterocycles. The average molecular weight is 329 g/mol. The second-order valence-electron chi connectivity index (χ2n) is 4.89. The van der Waals surface area contributed by atoms with Crippen molar-refractivity contribution in [3.05, 3.63) is 35.9 Å². The van der Waals surface area contributed by atoms with Crippen molar-refractivity contribution in [2.24, 2.45) is 5.73 Å². The third-order valence-electron chi connectivity index (χ3n) is 2.70. The van der Waals surface area contributed by atoms with Crippen LogP contribution in [-0.4, -0.2) is 35.5 Å². The van der Waals surface area contributed by atoms with Gasteiger partial charge in [-0.15, -0.1) is 0 Å². The Kier molecular flexibility index (Phi) is 6.70. The smallest absolute Gasteiger partial charge is 0.343 e. The second kappa shape index (κ2) is 8.05.